The number of nitrogens with one attached hydrogen (secondary N) is 2. The molecule has 0 spiro atoms. The van der Waals surface area contributed by atoms with E-state index in [1.165, 1.54) is 25.7 Å². The molecule has 0 radical (unpaired) electrons. The van der Waals surface area contributed by atoms with Gasteiger partial charge < -0.3 is 15.4 Å². The van der Waals surface area contributed by atoms with Gasteiger partial charge in [-0.25, -0.2) is 0 Å². The third kappa shape index (κ3) is 7.88. The highest BCUT2D eigenvalue weighted by Gasteiger charge is 2.03. The first kappa shape index (κ1) is 16.0. The van der Waals surface area contributed by atoms with Crippen molar-refractivity contribution in [3.8, 4) is 0 Å². The van der Waals surface area contributed by atoms with Crippen LogP contribution in [0.1, 0.15) is 45.4 Å². The number of ether oxygens (including phenoxy) is 1. The van der Waals surface area contributed by atoms with Crippen LogP contribution in [0, 0.1) is 0 Å². The maximum atomic E-state index is 5.30. The first-order valence-corrected chi connectivity index (χ1v) is 7.57. The van der Waals surface area contributed by atoms with Crippen molar-refractivity contribution in [3.05, 3.63) is 11.6 Å². The third-order valence-electron chi connectivity index (χ3n) is 3.31. The van der Waals surface area contributed by atoms with Gasteiger partial charge in [-0.1, -0.05) is 11.6 Å². The van der Waals surface area contributed by atoms with E-state index in [0.717, 1.165) is 45.1 Å². The molecule has 2 N–H and O–H groups in total. The van der Waals surface area contributed by atoms with E-state index in [9.17, 15) is 0 Å². The molecule has 19 heavy (non-hydrogen) atoms. The first-order chi connectivity index (χ1) is 9.36. The van der Waals surface area contributed by atoms with Gasteiger partial charge in [-0.3, -0.25) is 4.99 Å². The minimum absolute atomic E-state index is 0.794. The fourth-order valence-corrected chi connectivity index (χ4v) is 2.22. The summed E-state index contributed by atoms with van der Waals surface area (Å²) in [4.78, 5) is 4.22. The molecule has 0 saturated heterocycles. The highest BCUT2D eigenvalue weighted by Crippen LogP contribution is 2.19. The molecule has 1 aliphatic rings. The SMILES string of the molecule is CCOCCCNC(=NC)NCCC1=CCCCC1. The second-order valence-electron chi connectivity index (χ2n) is 4.83. The van der Waals surface area contributed by atoms with Crippen LogP contribution in [-0.2, 0) is 4.74 Å². The number of aliphatic imine (C=N–C) groups is 1. The van der Waals surface area contributed by atoms with E-state index in [1.807, 2.05) is 14.0 Å². The Morgan fingerprint density at radius 2 is 2.16 bits per heavy atom. The summed E-state index contributed by atoms with van der Waals surface area (Å²) >= 11 is 0. The number of guanidine groups is 1. The van der Waals surface area contributed by atoms with Crippen molar-refractivity contribution < 1.29 is 4.74 Å². The highest BCUT2D eigenvalue weighted by molar-refractivity contribution is 5.79. The molecule has 0 bridgehead atoms. The zero-order chi connectivity index (χ0) is 13.8. The van der Waals surface area contributed by atoms with E-state index in [0.29, 0.717) is 0 Å². The fraction of sp³-hybridized carbons (Fsp3) is 0.800. The summed E-state index contributed by atoms with van der Waals surface area (Å²) in [7, 11) is 1.82. The second kappa shape index (κ2) is 10.9. The van der Waals surface area contributed by atoms with E-state index in [2.05, 4.69) is 21.7 Å². The van der Waals surface area contributed by atoms with Crippen LogP contribution in [0.15, 0.2) is 16.6 Å². The quantitative estimate of drug-likeness (QED) is 0.307. The van der Waals surface area contributed by atoms with Gasteiger partial charge in [-0.15, -0.1) is 0 Å². The predicted molar refractivity (Wildman–Crippen MR) is 81.6 cm³/mol. The summed E-state index contributed by atoms with van der Waals surface area (Å²) in [6, 6.07) is 0. The molecular formula is C15H29N3O. The van der Waals surface area contributed by atoms with Gasteiger partial charge in [-0.2, -0.15) is 0 Å². The van der Waals surface area contributed by atoms with Crippen LogP contribution >= 0.6 is 0 Å². The summed E-state index contributed by atoms with van der Waals surface area (Å²) in [5.74, 6) is 0.896. The Kier molecular flexibility index (Phi) is 9.15. The van der Waals surface area contributed by atoms with Gasteiger partial charge in [0.05, 0.1) is 0 Å². The zero-order valence-corrected chi connectivity index (χ0v) is 12.5. The van der Waals surface area contributed by atoms with E-state index in [1.54, 1.807) is 5.57 Å². The maximum absolute atomic E-state index is 5.30. The van der Waals surface area contributed by atoms with Gasteiger partial charge in [0.15, 0.2) is 5.96 Å². The maximum Gasteiger partial charge on any atom is 0.190 e. The number of allylic oxidation sites excluding steroid dienone is 1. The molecule has 0 amide bonds. The predicted octanol–water partition coefficient (Wildman–Crippen LogP) is 2.47. The summed E-state index contributed by atoms with van der Waals surface area (Å²) in [6.07, 6.45) is 9.82. The Balaban J connectivity index is 2.06. The molecule has 0 aromatic carbocycles. The molecule has 0 aromatic heterocycles. The summed E-state index contributed by atoms with van der Waals surface area (Å²) in [5.41, 5.74) is 1.60. The normalized spacial score (nSPS) is 16.1. The molecule has 0 fully saturated rings. The minimum Gasteiger partial charge on any atom is -0.382 e. The van der Waals surface area contributed by atoms with Gasteiger partial charge >= 0.3 is 0 Å². The summed E-state index contributed by atoms with van der Waals surface area (Å²) in [5, 5.41) is 6.67. The van der Waals surface area contributed by atoms with Crippen molar-refractivity contribution in [3.63, 3.8) is 0 Å². The average Bonchev–Trinajstić information content (AvgIpc) is 2.46. The second-order valence-corrected chi connectivity index (χ2v) is 4.83. The lowest BCUT2D eigenvalue weighted by atomic mass is 9.97. The lowest BCUT2D eigenvalue weighted by molar-refractivity contribution is 0.145. The standard InChI is InChI=1S/C15H29N3O/c1-3-19-13-7-11-17-15(16-2)18-12-10-14-8-5-4-6-9-14/h8H,3-7,9-13H2,1-2H3,(H2,16,17,18). The van der Waals surface area contributed by atoms with Gasteiger partial charge in [0.1, 0.15) is 0 Å². The van der Waals surface area contributed by atoms with Crippen molar-refractivity contribution in [2.75, 3.05) is 33.4 Å². The first-order valence-electron chi connectivity index (χ1n) is 7.57. The largest absolute Gasteiger partial charge is 0.382 e. The molecule has 0 aliphatic heterocycles. The number of hydrogen-bond acceptors (Lipinski definition) is 2. The average molecular weight is 267 g/mol. The minimum atomic E-state index is 0.794. The smallest absolute Gasteiger partial charge is 0.190 e. The van der Waals surface area contributed by atoms with E-state index in [4.69, 9.17) is 4.74 Å². The van der Waals surface area contributed by atoms with Crippen molar-refractivity contribution >= 4 is 5.96 Å². The molecule has 4 heteroatoms. The van der Waals surface area contributed by atoms with Crippen molar-refractivity contribution in [2.24, 2.45) is 4.99 Å². The van der Waals surface area contributed by atoms with Crippen LogP contribution in [0.25, 0.3) is 0 Å². The Morgan fingerprint density at radius 1 is 1.32 bits per heavy atom. The van der Waals surface area contributed by atoms with Gasteiger partial charge in [0.25, 0.3) is 0 Å². The van der Waals surface area contributed by atoms with E-state index in [-0.39, 0.29) is 0 Å². The van der Waals surface area contributed by atoms with Gasteiger partial charge in [0.2, 0.25) is 0 Å². The lowest BCUT2D eigenvalue weighted by Crippen LogP contribution is -2.38. The van der Waals surface area contributed by atoms with Crippen LogP contribution in [0.3, 0.4) is 0 Å². The van der Waals surface area contributed by atoms with Crippen molar-refractivity contribution in [2.45, 2.75) is 45.4 Å². The number of hydrogen-bond donors (Lipinski definition) is 2. The number of rotatable bonds is 8. The Morgan fingerprint density at radius 3 is 2.84 bits per heavy atom. The molecule has 0 heterocycles. The highest BCUT2D eigenvalue weighted by atomic mass is 16.5. The third-order valence-corrected chi connectivity index (χ3v) is 3.31. The van der Waals surface area contributed by atoms with Crippen molar-refractivity contribution in [1.29, 1.82) is 0 Å². The summed E-state index contributed by atoms with van der Waals surface area (Å²) < 4.78 is 5.30. The van der Waals surface area contributed by atoms with E-state index >= 15 is 0 Å². The van der Waals surface area contributed by atoms with Crippen LogP contribution in [-0.4, -0.2) is 39.3 Å². The van der Waals surface area contributed by atoms with Crippen LogP contribution in [0.5, 0.6) is 0 Å². The fourth-order valence-electron chi connectivity index (χ4n) is 2.22. The van der Waals surface area contributed by atoms with Crippen LogP contribution in [0.2, 0.25) is 0 Å². The lowest BCUT2D eigenvalue weighted by Gasteiger charge is -2.15. The molecule has 0 saturated carbocycles. The summed E-state index contributed by atoms with van der Waals surface area (Å²) in [6.45, 7) is 5.50. The Bertz CT molecular complexity index is 287. The molecule has 4 nitrogen and oxygen atoms in total. The molecule has 0 aromatic rings. The van der Waals surface area contributed by atoms with E-state index < -0.39 is 0 Å². The van der Waals surface area contributed by atoms with Gasteiger partial charge in [0, 0.05) is 33.4 Å². The van der Waals surface area contributed by atoms with Crippen LogP contribution in [0.4, 0.5) is 0 Å². The number of nitrogens with zero attached hydrogens (tertiary/aromatic N) is 1. The zero-order valence-electron chi connectivity index (χ0n) is 12.5. The van der Waals surface area contributed by atoms with Gasteiger partial charge in [-0.05, 0) is 45.4 Å². The Hall–Kier alpha value is -1.03. The monoisotopic (exact) mass is 267 g/mol. The molecule has 1 aliphatic carbocycles. The molecule has 110 valence electrons. The molecule has 0 atom stereocenters. The molecular weight excluding hydrogens is 238 g/mol. The molecule has 1 rings (SSSR count). The molecule has 0 unspecified atom stereocenters. The topological polar surface area (TPSA) is 45.6 Å². The van der Waals surface area contributed by atoms with Crippen molar-refractivity contribution in [1.82, 2.24) is 10.6 Å². The van der Waals surface area contributed by atoms with Crippen LogP contribution < -0.4 is 10.6 Å². The Labute approximate surface area is 117 Å².